The maximum Gasteiger partial charge on any atom is 0.161 e. The fourth-order valence-corrected chi connectivity index (χ4v) is 2.20. The third-order valence-corrected chi connectivity index (χ3v) is 3.04. The van der Waals surface area contributed by atoms with Crippen LogP contribution in [0.3, 0.4) is 0 Å². The smallest absolute Gasteiger partial charge is 0.161 e. The van der Waals surface area contributed by atoms with Crippen molar-refractivity contribution in [2.75, 3.05) is 24.6 Å². The van der Waals surface area contributed by atoms with Gasteiger partial charge < -0.3 is 15.4 Å². The molecule has 1 aromatic rings. The number of ether oxygens (including phenoxy) is 1. The molecule has 5 heteroatoms. The second-order valence-corrected chi connectivity index (χ2v) is 4.40. The molecule has 2 rings (SSSR count). The van der Waals surface area contributed by atoms with Crippen molar-refractivity contribution in [2.24, 2.45) is 5.73 Å². The average Bonchev–Trinajstić information content (AvgIpc) is 2.38. The molecule has 1 aliphatic heterocycles. The lowest BCUT2D eigenvalue weighted by atomic mass is 10.0. The van der Waals surface area contributed by atoms with E-state index in [9.17, 15) is 4.39 Å². The summed E-state index contributed by atoms with van der Waals surface area (Å²) in [7, 11) is 0. The van der Waals surface area contributed by atoms with E-state index < -0.39 is 6.10 Å². The molecule has 0 aliphatic carbocycles. The van der Waals surface area contributed by atoms with Gasteiger partial charge in [0, 0.05) is 23.8 Å². The van der Waals surface area contributed by atoms with Crippen molar-refractivity contribution in [1.82, 2.24) is 0 Å². The number of nitrogens with two attached hydrogens (primary N) is 1. The van der Waals surface area contributed by atoms with E-state index >= 15 is 0 Å². The van der Waals surface area contributed by atoms with Crippen LogP contribution in [0, 0.1) is 17.1 Å². The predicted molar refractivity (Wildman–Crippen MR) is 66.6 cm³/mol. The Hall–Kier alpha value is -1.64. The number of hydrogen-bond acceptors (Lipinski definition) is 4. The molecule has 2 N–H and O–H groups in total. The number of nitrogens with zero attached hydrogens (tertiary/aromatic N) is 2. The van der Waals surface area contributed by atoms with Crippen LogP contribution in [0.15, 0.2) is 18.2 Å². The number of halogens is 1. The van der Waals surface area contributed by atoms with E-state index in [-0.39, 0.29) is 11.9 Å². The molecule has 18 heavy (non-hydrogen) atoms. The number of nitriles is 1. The fourth-order valence-electron chi connectivity index (χ4n) is 2.20. The van der Waals surface area contributed by atoms with Crippen LogP contribution >= 0.6 is 0 Å². The number of hydrogen-bond donors (Lipinski definition) is 1. The van der Waals surface area contributed by atoms with Gasteiger partial charge in [0.05, 0.1) is 19.2 Å². The Morgan fingerprint density at radius 1 is 1.61 bits per heavy atom. The Kier molecular flexibility index (Phi) is 3.80. The van der Waals surface area contributed by atoms with Gasteiger partial charge in [-0.1, -0.05) is 6.07 Å². The monoisotopic (exact) mass is 249 g/mol. The van der Waals surface area contributed by atoms with Gasteiger partial charge in [0.2, 0.25) is 0 Å². The highest BCUT2D eigenvalue weighted by Crippen LogP contribution is 2.29. The molecule has 2 atom stereocenters. The van der Waals surface area contributed by atoms with Crippen molar-refractivity contribution < 1.29 is 9.13 Å². The second kappa shape index (κ2) is 5.34. The summed E-state index contributed by atoms with van der Waals surface area (Å²) in [6.45, 7) is 3.30. The lowest BCUT2D eigenvalue weighted by molar-refractivity contribution is 0.0763. The van der Waals surface area contributed by atoms with E-state index in [1.807, 2.05) is 11.0 Å². The fraction of sp³-hybridized carbons (Fsp3) is 0.462. The van der Waals surface area contributed by atoms with Crippen molar-refractivity contribution in [3.63, 3.8) is 0 Å². The first kappa shape index (κ1) is 12.8. The van der Waals surface area contributed by atoms with E-state index in [4.69, 9.17) is 15.7 Å². The molecule has 0 spiro atoms. The number of morpholine rings is 1. The van der Waals surface area contributed by atoms with Gasteiger partial charge in [-0.25, -0.2) is 4.39 Å². The van der Waals surface area contributed by atoms with Crippen LogP contribution in [0.2, 0.25) is 0 Å². The van der Waals surface area contributed by atoms with Crippen molar-refractivity contribution in [1.29, 1.82) is 5.26 Å². The van der Waals surface area contributed by atoms with Gasteiger partial charge in [-0.15, -0.1) is 0 Å². The molecule has 1 aliphatic rings. The Morgan fingerprint density at radius 2 is 2.39 bits per heavy atom. The van der Waals surface area contributed by atoms with Gasteiger partial charge in [-0.3, -0.25) is 0 Å². The Labute approximate surface area is 106 Å². The lowest BCUT2D eigenvalue weighted by Crippen LogP contribution is -2.42. The zero-order chi connectivity index (χ0) is 13.1. The molecule has 1 fully saturated rings. The third kappa shape index (κ3) is 2.45. The minimum atomic E-state index is -0.469. The molecule has 1 saturated heterocycles. The molecule has 0 saturated carbocycles. The first-order valence-electron chi connectivity index (χ1n) is 5.93. The zero-order valence-electron chi connectivity index (χ0n) is 10.3. The van der Waals surface area contributed by atoms with Crippen molar-refractivity contribution in [2.45, 2.75) is 19.1 Å². The predicted octanol–water partition coefficient (Wildman–Crippen LogP) is 1.57. The van der Waals surface area contributed by atoms with Crippen LogP contribution in [0.25, 0.3) is 0 Å². The molecular formula is C13H16FN3O. The molecule has 1 unspecified atom stereocenters. The standard InChI is InChI=1S/C13H16FN3O/c1-9(16)13-11(14)3-2-4-12(13)17-5-6-18-10(7-15)8-17/h2-4,9-10H,5-6,8,16H2,1H3/t9-,10?/m1/s1. The first-order valence-corrected chi connectivity index (χ1v) is 5.93. The average molecular weight is 249 g/mol. The highest BCUT2D eigenvalue weighted by molar-refractivity contribution is 5.56. The van der Waals surface area contributed by atoms with Gasteiger partial charge >= 0.3 is 0 Å². The van der Waals surface area contributed by atoms with Gasteiger partial charge in [-0.2, -0.15) is 5.26 Å². The Balaban J connectivity index is 2.33. The SMILES string of the molecule is C[C@@H](N)c1c(F)cccc1N1CCOC(C#N)C1. The molecule has 4 nitrogen and oxygen atoms in total. The molecule has 0 aromatic heterocycles. The second-order valence-electron chi connectivity index (χ2n) is 4.40. The van der Waals surface area contributed by atoms with E-state index in [1.54, 1.807) is 13.0 Å². The maximum absolute atomic E-state index is 13.8. The Morgan fingerprint density at radius 3 is 3.06 bits per heavy atom. The summed E-state index contributed by atoms with van der Waals surface area (Å²) in [4.78, 5) is 1.96. The van der Waals surface area contributed by atoms with E-state index in [2.05, 4.69) is 6.07 Å². The minimum Gasteiger partial charge on any atom is -0.365 e. The van der Waals surface area contributed by atoms with Crippen molar-refractivity contribution >= 4 is 5.69 Å². The van der Waals surface area contributed by atoms with Crippen LogP contribution in [0.1, 0.15) is 18.5 Å². The molecular weight excluding hydrogens is 233 g/mol. The molecule has 0 radical (unpaired) electrons. The summed E-state index contributed by atoms with van der Waals surface area (Å²) >= 11 is 0. The minimum absolute atomic E-state index is 0.303. The van der Waals surface area contributed by atoms with Crippen LogP contribution in [-0.2, 0) is 4.74 Å². The van der Waals surface area contributed by atoms with Crippen LogP contribution in [0.4, 0.5) is 10.1 Å². The van der Waals surface area contributed by atoms with Gasteiger partial charge in [0.15, 0.2) is 6.10 Å². The number of benzene rings is 1. The molecule has 1 aromatic carbocycles. The van der Waals surface area contributed by atoms with Crippen molar-refractivity contribution in [3.8, 4) is 6.07 Å². The van der Waals surface area contributed by atoms with E-state index in [0.29, 0.717) is 25.3 Å². The number of anilines is 1. The van der Waals surface area contributed by atoms with Crippen LogP contribution < -0.4 is 10.6 Å². The summed E-state index contributed by atoms with van der Waals surface area (Å²) in [5, 5.41) is 8.89. The molecule has 0 amide bonds. The Bertz CT molecular complexity index is 470. The summed E-state index contributed by atoms with van der Waals surface area (Å²) < 4.78 is 19.1. The summed E-state index contributed by atoms with van der Waals surface area (Å²) in [5.41, 5.74) is 7.08. The van der Waals surface area contributed by atoms with E-state index in [0.717, 1.165) is 5.69 Å². The normalized spacial score (nSPS) is 21.4. The summed E-state index contributed by atoms with van der Waals surface area (Å²) in [6.07, 6.45) is -0.469. The lowest BCUT2D eigenvalue weighted by Gasteiger charge is -2.33. The highest BCUT2D eigenvalue weighted by atomic mass is 19.1. The quantitative estimate of drug-likeness (QED) is 0.864. The topological polar surface area (TPSA) is 62.3 Å². The van der Waals surface area contributed by atoms with Gasteiger partial charge in [0.1, 0.15) is 5.82 Å². The number of rotatable bonds is 2. The highest BCUT2D eigenvalue weighted by Gasteiger charge is 2.24. The molecule has 1 heterocycles. The van der Waals surface area contributed by atoms with Crippen molar-refractivity contribution in [3.05, 3.63) is 29.6 Å². The molecule has 96 valence electrons. The zero-order valence-corrected chi connectivity index (χ0v) is 10.3. The van der Waals surface area contributed by atoms with E-state index in [1.165, 1.54) is 6.07 Å². The first-order chi connectivity index (χ1) is 8.63. The maximum atomic E-state index is 13.8. The van der Waals surface area contributed by atoms with Crippen LogP contribution in [-0.4, -0.2) is 25.8 Å². The third-order valence-electron chi connectivity index (χ3n) is 3.04. The summed E-state index contributed by atoms with van der Waals surface area (Å²) in [6, 6.07) is 6.60. The summed E-state index contributed by atoms with van der Waals surface area (Å²) in [5.74, 6) is -0.303. The van der Waals surface area contributed by atoms with Gasteiger partial charge in [-0.05, 0) is 19.1 Å². The van der Waals surface area contributed by atoms with Gasteiger partial charge in [0.25, 0.3) is 0 Å². The van der Waals surface area contributed by atoms with Crippen LogP contribution in [0.5, 0.6) is 0 Å². The molecule has 0 bridgehead atoms. The largest absolute Gasteiger partial charge is 0.365 e.